The Kier molecular flexibility index (Phi) is 4.45. The number of amides is 1. The van der Waals surface area contributed by atoms with E-state index in [1.807, 2.05) is 0 Å². The standard InChI is InChI=1S/C14H20N4O2/c1-20-13-7-11(15)10(6-12(13)16)8-17-4-2-9-3-5-18-14(9)19/h6-9,15,17H,2-5,16H2,1H3,(H,18,19)/b10-8-,15-11?. The number of nitrogens with one attached hydrogen (secondary N) is 3. The summed E-state index contributed by atoms with van der Waals surface area (Å²) >= 11 is 0. The van der Waals surface area contributed by atoms with Gasteiger partial charge in [-0.3, -0.25) is 4.79 Å². The van der Waals surface area contributed by atoms with Gasteiger partial charge in [0.05, 0.1) is 18.5 Å². The third-order valence-corrected chi connectivity index (χ3v) is 3.46. The molecular weight excluding hydrogens is 256 g/mol. The van der Waals surface area contributed by atoms with Crippen LogP contribution in [-0.2, 0) is 9.53 Å². The number of carbonyl (C=O) groups excluding carboxylic acids is 1. The van der Waals surface area contributed by atoms with Crippen LogP contribution in [0.15, 0.2) is 35.4 Å². The van der Waals surface area contributed by atoms with Crippen LogP contribution in [-0.4, -0.2) is 31.8 Å². The molecule has 1 unspecified atom stereocenters. The number of nitrogens with two attached hydrogens (primary N) is 1. The van der Waals surface area contributed by atoms with E-state index in [4.69, 9.17) is 15.9 Å². The van der Waals surface area contributed by atoms with Gasteiger partial charge in [0.1, 0.15) is 5.76 Å². The topological polar surface area (TPSA) is 100 Å². The van der Waals surface area contributed by atoms with Crippen molar-refractivity contribution < 1.29 is 9.53 Å². The maximum atomic E-state index is 11.4. The van der Waals surface area contributed by atoms with Crippen molar-refractivity contribution in [3.63, 3.8) is 0 Å². The summed E-state index contributed by atoms with van der Waals surface area (Å²) in [6, 6.07) is 0. The second kappa shape index (κ2) is 6.27. The molecule has 1 heterocycles. The van der Waals surface area contributed by atoms with Crippen molar-refractivity contribution in [3.05, 3.63) is 35.4 Å². The molecule has 0 saturated carbocycles. The van der Waals surface area contributed by atoms with Crippen LogP contribution in [0.25, 0.3) is 0 Å². The molecule has 6 nitrogen and oxygen atoms in total. The highest BCUT2D eigenvalue weighted by Gasteiger charge is 2.22. The van der Waals surface area contributed by atoms with E-state index in [0.29, 0.717) is 29.3 Å². The summed E-state index contributed by atoms with van der Waals surface area (Å²) in [5.74, 6) is 0.753. The zero-order valence-electron chi connectivity index (χ0n) is 11.5. The molecule has 2 rings (SSSR count). The van der Waals surface area contributed by atoms with Crippen molar-refractivity contribution in [2.75, 3.05) is 20.2 Å². The Morgan fingerprint density at radius 2 is 2.40 bits per heavy atom. The van der Waals surface area contributed by atoms with Crippen molar-refractivity contribution in [1.29, 1.82) is 5.41 Å². The van der Waals surface area contributed by atoms with E-state index < -0.39 is 0 Å². The highest BCUT2D eigenvalue weighted by Crippen LogP contribution is 2.17. The van der Waals surface area contributed by atoms with Crippen LogP contribution >= 0.6 is 0 Å². The third-order valence-electron chi connectivity index (χ3n) is 3.46. The molecule has 0 spiro atoms. The molecule has 1 amide bonds. The first kappa shape index (κ1) is 14.2. The molecule has 6 heteroatoms. The van der Waals surface area contributed by atoms with Crippen molar-refractivity contribution in [3.8, 4) is 0 Å². The van der Waals surface area contributed by atoms with Crippen LogP contribution < -0.4 is 16.4 Å². The van der Waals surface area contributed by atoms with Gasteiger partial charge in [0.2, 0.25) is 5.91 Å². The number of ether oxygens (including phenoxy) is 1. The predicted octanol–water partition coefficient (Wildman–Crippen LogP) is 0.392. The first-order valence-corrected chi connectivity index (χ1v) is 6.65. The molecule has 1 atom stereocenters. The minimum Gasteiger partial charge on any atom is -0.495 e. The zero-order chi connectivity index (χ0) is 14.5. The summed E-state index contributed by atoms with van der Waals surface area (Å²) in [5, 5.41) is 13.8. The summed E-state index contributed by atoms with van der Waals surface area (Å²) < 4.78 is 5.06. The van der Waals surface area contributed by atoms with E-state index in [0.717, 1.165) is 19.4 Å². The van der Waals surface area contributed by atoms with Crippen molar-refractivity contribution >= 4 is 11.6 Å². The summed E-state index contributed by atoms with van der Waals surface area (Å²) in [4.78, 5) is 11.4. The number of rotatable bonds is 5. The highest BCUT2D eigenvalue weighted by molar-refractivity contribution is 6.10. The molecule has 0 aromatic rings. The fourth-order valence-electron chi connectivity index (χ4n) is 2.27. The average Bonchev–Trinajstić information content (AvgIpc) is 2.83. The Morgan fingerprint density at radius 1 is 1.60 bits per heavy atom. The first-order chi connectivity index (χ1) is 9.61. The number of hydrogen-bond donors (Lipinski definition) is 4. The Bertz CT molecular complexity index is 505. The second-order valence-electron chi connectivity index (χ2n) is 4.85. The molecule has 2 aliphatic rings. The maximum absolute atomic E-state index is 11.4. The second-order valence-corrected chi connectivity index (χ2v) is 4.85. The lowest BCUT2D eigenvalue weighted by atomic mass is 10.0. The van der Waals surface area contributed by atoms with E-state index in [-0.39, 0.29) is 11.8 Å². The van der Waals surface area contributed by atoms with Gasteiger partial charge in [-0.2, -0.15) is 0 Å². The quantitative estimate of drug-likeness (QED) is 0.546. The van der Waals surface area contributed by atoms with E-state index in [1.54, 1.807) is 18.4 Å². The monoisotopic (exact) mass is 276 g/mol. The fourth-order valence-corrected chi connectivity index (χ4v) is 2.27. The smallest absolute Gasteiger partial charge is 0.223 e. The van der Waals surface area contributed by atoms with Gasteiger partial charge >= 0.3 is 0 Å². The third kappa shape index (κ3) is 3.20. The minimum absolute atomic E-state index is 0.104. The molecule has 108 valence electrons. The van der Waals surface area contributed by atoms with E-state index >= 15 is 0 Å². The lowest BCUT2D eigenvalue weighted by Crippen LogP contribution is -2.22. The zero-order valence-corrected chi connectivity index (χ0v) is 11.5. The van der Waals surface area contributed by atoms with Crippen LogP contribution in [0.5, 0.6) is 0 Å². The Hall–Kier alpha value is -2.24. The van der Waals surface area contributed by atoms with Gasteiger partial charge in [-0.25, -0.2) is 0 Å². The molecule has 1 fully saturated rings. The molecule has 20 heavy (non-hydrogen) atoms. The summed E-state index contributed by atoms with van der Waals surface area (Å²) in [6.07, 6.45) is 6.75. The molecule has 0 aromatic heterocycles. The van der Waals surface area contributed by atoms with E-state index in [2.05, 4.69) is 10.6 Å². The Balaban J connectivity index is 1.85. The van der Waals surface area contributed by atoms with Gasteiger partial charge in [0.25, 0.3) is 0 Å². The van der Waals surface area contributed by atoms with Crippen LogP contribution in [0.3, 0.4) is 0 Å². The molecule has 0 radical (unpaired) electrons. The van der Waals surface area contributed by atoms with Crippen molar-refractivity contribution in [2.24, 2.45) is 11.7 Å². The number of hydrogen-bond acceptors (Lipinski definition) is 5. The van der Waals surface area contributed by atoms with Crippen LogP contribution in [0.1, 0.15) is 12.8 Å². The highest BCUT2D eigenvalue weighted by atomic mass is 16.5. The van der Waals surface area contributed by atoms with Crippen LogP contribution in [0.2, 0.25) is 0 Å². The van der Waals surface area contributed by atoms with Crippen LogP contribution in [0, 0.1) is 11.3 Å². The normalized spacial score (nSPS) is 24.2. The van der Waals surface area contributed by atoms with Gasteiger partial charge in [-0.1, -0.05) is 0 Å². The van der Waals surface area contributed by atoms with Crippen molar-refractivity contribution in [2.45, 2.75) is 12.8 Å². The molecule has 1 aliphatic heterocycles. The van der Waals surface area contributed by atoms with Crippen LogP contribution in [0.4, 0.5) is 0 Å². The fraction of sp³-hybridized carbons (Fsp3) is 0.429. The molecular formula is C14H20N4O2. The Morgan fingerprint density at radius 3 is 3.05 bits per heavy atom. The molecule has 1 saturated heterocycles. The lowest BCUT2D eigenvalue weighted by molar-refractivity contribution is -0.122. The predicted molar refractivity (Wildman–Crippen MR) is 76.9 cm³/mol. The molecule has 0 aromatic carbocycles. The van der Waals surface area contributed by atoms with E-state index in [9.17, 15) is 4.79 Å². The molecule has 0 bridgehead atoms. The summed E-state index contributed by atoms with van der Waals surface area (Å²) in [5.41, 5.74) is 7.38. The SMILES string of the molecule is COC1=CC(=N)/C(=C\NCCC2CCNC2=O)C=C1N. The van der Waals surface area contributed by atoms with Gasteiger partial charge in [-0.15, -0.1) is 0 Å². The Labute approximate surface area is 118 Å². The summed E-state index contributed by atoms with van der Waals surface area (Å²) in [7, 11) is 1.53. The van der Waals surface area contributed by atoms with E-state index in [1.165, 1.54) is 7.11 Å². The minimum atomic E-state index is 0.104. The van der Waals surface area contributed by atoms with Gasteiger partial charge in [0, 0.05) is 36.9 Å². The molecule has 1 aliphatic carbocycles. The number of methoxy groups -OCH3 is 1. The van der Waals surface area contributed by atoms with Crippen molar-refractivity contribution in [1.82, 2.24) is 10.6 Å². The van der Waals surface area contributed by atoms with Gasteiger partial charge in [0.15, 0.2) is 0 Å². The van der Waals surface area contributed by atoms with Gasteiger partial charge in [-0.05, 0) is 18.9 Å². The summed E-state index contributed by atoms with van der Waals surface area (Å²) in [6.45, 7) is 1.47. The number of allylic oxidation sites excluding steroid dienone is 3. The average molecular weight is 276 g/mol. The van der Waals surface area contributed by atoms with Gasteiger partial charge < -0.3 is 26.5 Å². The lowest BCUT2D eigenvalue weighted by Gasteiger charge is -2.14. The molecule has 5 N–H and O–H groups in total. The first-order valence-electron chi connectivity index (χ1n) is 6.65. The largest absolute Gasteiger partial charge is 0.495 e. The maximum Gasteiger partial charge on any atom is 0.223 e. The number of carbonyl (C=O) groups is 1.